The lowest BCUT2D eigenvalue weighted by Crippen LogP contribution is -2.46. The molecule has 0 aliphatic carbocycles. The summed E-state index contributed by atoms with van der Waals surface area (Å²) in [6, 6.07) is -0.376. The highest BCUT2D eigenvalue weighted by Crippen LogP contribution is 2.15. The van der Waals surface area contributed by atoms with E-state index < -0.39 is 0 Å². The summed E-state index contributed by atoms with van der Waals surface area (Å²) in [5.74, 6) is 0.542. The summed E-state index contributed by atoms with van der Waals surface area (Å²) in [7, 11) is 0. The first-order chi connectivity index (χ1) is 8.61. The molecule has 1 aliphatic heterocycles. The van der Waals surface area contributed by atoms with E-state index in [1.54, 1.807) is 0 Å². The van der Waals surface area contributed by atoms with Crippen LogP contribution in [0.4, 0.5) is 4.79 Å². The van der Waals surface area contributed by atoms with Crippen LogP contribution >= 0.6 is 0 Å². The highest BCUT2D eigenvalue weighted by atomic mass is 16.2. The van der Waals surface area contributed by atoms with Gasteiger partial charge in [-0.15, -0.1) is 0 Å². The Morgan fingerprint density at radius 2 is 1.94 bits per heavy atom. The molecule has 0 spiro atoms. The Morgan fingerprint density at radius 1 is 1.28 bits per heavy atom. The van der Waals surface area contributed by atoms with Crippen LogP contribution < -0.4 is 10.6 Å². The molecule has 0 aromatic rings. The summed E-state index contributed by atoms with van der Waals surface area (Å²) in [5.41, 5.74) is 0. The number of imide groups is 1. The summed E-state index contributed by atoms with van der Waals surface area (Å²) in [4.78, 5) is 25.1. The molecule has 0 radical (unpaired) electrons. The number of nitrogens with zero attached hydrogens (tertiary/aromatic N) is 1. The molecule has 18 heavy (non-hydrogen) atoms. The topological polar surface area (TPSA) is 61.4 Å². The van der Waals surface area contributed by atoms with E-state index in [1.165, 1.54) is 0 Å². The molecule has 0 saturated carbocycles. The van der Waals surface area contributed by atoms with Gasteiger partial charge in [0.15, 0.2) is 0 Å². The van der Waals surface area contributed by atoms with Gasteiger partial charge in [0.2, 0.25) is 5.91 Å². The number of carbonyl (C=O) groups is 2. The highest BCUT2D eigenvalue weighted by molar-refractivity contribution is 5.95. The van der Waals surface area contributed by atoms with Crippen molar-refractivity contribution in [3.63, 3.8) is 0 Å². The summed E-state index contributed by atoms with van der Waals surface area (Å²) in [6.45, 7) is 7.14. The average Bonchev–Trinajstić information content (AvgIpc) is 2.32. The Hall–Kier alpha value is -1.10. The van der Waals surface area contributed by atoms with Gasteiger partial charge in [0, 0.05) is 6.54 Å². The molecular formula is C13H25N3O2. The van der Waals surface area contributed by atoms with Crippen LogP contribution in [-0.4, -0.2) is 43.0 Å². The molecule has 2 N–H and O–H groups in total. The van der Waals surface area contributed by atoms with Crippen molar-refractivity contribution >= 4 is 11.9 Å². The van der Waals surface area contributed by atoms with Gasteiger partial charge in [-0.3, -0.25) is 15.0 Å². The smallest absolute Gasteiger partial charge is 0.321 e. The molecule has 0 aromatic heterocycles. The fraction of sp³-hybridized carbons (Fsp3) is 0.846. The molecule has 1 aliphatic rings. The zero-order chi connectivity index (χ0) is 13.4. The second kappa shape index (κ2) is 8.08. The summed E-state index contributed by atoms with van der Waals surface area (Å²) in [5, 5.41) is 5.04. The van der Waals surface area contributed by atoms with Gasteiger partial charge in [0.1, 0.15) is 0 Å². The molecule has 0 aromatic carbocycles. The predicted molar refractivity (Wildman–Crippen MR) is 71.3 cm³/mol. The van der Waals surface area contributed by atoms with E-state index in [0.29, 0.717) is 13.1 Å². The molecule has 5 nitrogen and oxygen atoms in total. The minimum Gasteiger partial charge on any atom is -0.338 e. The molecule has 1 fully saturated rings. The van der Waals surface area contributed by atoms with Gasteiger partial charge in [-0.25, -0.2) is 4.79 Å². The van der Waals surface area contributed by atoms with Crippen LogP contribution in [0.5, 0.6) is 0 Å². The van der Waals surface area contributed by atoms with Crippen LogP contribution in [-0.2, 0) is 4.79 Å². The molecular weight excluding hydrogens is 230 g/mol. The number of hydrogen-bond donors (Lipinski definition) is 2. The highest BCUT2D eigenvalue weighted by Gasteiger charge is 2.18. The SMILES string of the molecule is CCCCNC(=O)NC(=O)CN1CCC(C)CC1. The molecule has 1 heterocycles. The van der Waals surface area contributed by atoms with Crippen molar-refractivity contribution in [3.05, 3.63) is 0 Å². The van der Waals surface area contributed by atoms with Gasteiger partial charge >= 0.3 is 6.03 Å². The van der Waals surface area contributed by atoms with Gasteiger partial charge in [-0.2, -0.15) is 0 Å². The number of amides is 3. The van der Waals surface area contributed by atoms with Crippen LogP contribution in [0, 0.1) is 5.92 Å². The van der Waals surface area contributed by atoms with Crippen molar-refractivity contribution in [2.45, 2.75) is 39.5 Å². The first-order valence-electron chi connectivity index (χ1n) is 6.91. The summed E-state index contributed by atoms with van der Waals surface area (Å²) in [6.07, 6.45) is 4.23. The largest absolute Gasteiger partial charge is 0.338 e. The van der Waals surface area contributed by atoms with Crippen LogP contribution in [0.25, 0.3) is 0 Å². The maximum atomic E-state index is 11.6. The normalized spacial score (nSPS) is 17.4. The first kappa shape index (κ1) is 15.0. The number of rotatable bonds is 5. The number of likely N-dealkylation sites (tertiary alicyclic amines) is 1. The third kappa shape index (κ3) is 6.00. The Balaban J connectivity index is 2.14. The number of carbonyl (C=O) groups excluding carboxylic acids is 2. The Morgan fingerprint density at radius 3 is 2.56 bits per heavy atom. The quantitative estimate of drug-likeness (QED) is 0.729. The Kier molecular flexibility index (Phi) is 6.72. The maximum Gasteiger partial charge on any atom is 0.321 e. The summed E-state index contributed by atoms with van der Waals surface area (Å²) >= 11 is 0. The number of piperidine rings is 1. The molecule has 0 unspecified atom stereocenters. The fourth-order valence-corrected chi connectivity index (χ4v) is 2.01. The molecule has 0 bridgehead atoms. The van der Waals surface area contributed by atoms with E-state index in [2.05, 4.69) is 29.4 Å². The lowest BCUT2D eigenvalue weighted by atomic mass is 9.99. The van der Waals surface area contributed by atoms with Crippen molar-refractivity contribution in [1.82, 2.24) is 15.5 Å². The van der Waals surface area contributed by atoms with E-state index >= 15 is 0 Å². The monoisotopic (exact) mass is 255 g/mol. The zero-order valence-electron chi connectivity index (χ0n) is 11.5. The standard InChI is InChI=1S/C13H25N3O2/c1-3-4-7-14-13(18)15-12(17)10-16-8-5-11(2)6-9-16/h11H,3-10H2,1-2H3,(H2,14,15,17,18). The fourth-order valence-electron chi connectivity index (χ4n) is 2.01. The lowest BCUT2D eigenvalue weighted by molar-refractivity contribution is -0.121. The molecule has 5 heteroatoms. The summed E-state index contributed by atoms with van der Waals surface area (Å²) < 4.78 is 0. The maximum absolute atomic E-state index is 11.6. The molecule has 1 saturated heterocycles. The lowest BCUT2D eigenvalue weighted by Gasteiger charge is -2.29. The minimum atomic E-state index is -0.376. The Labute approximate surface area is 109 Å². The van der Waals surface area contributed by atoms with Crippen molar-refractivity contribution in [2.75, 3.05) is 26.2 Å². The van der Waals surface area contributed by atoms with Gasteiger partial charge in [-0.1, -0.05) is 20.3 Å². The zero-order valence-corrected chi connectivity index (χ0v) is 11.5. The van der Waals surface area contributed by atoms with E-state index in [9.17, 15) is 9.59 Å². The number of urea groups is 1. The van der Waals surface area contributed by atoms with Crippen LogP contribution in [0.1, 0.15) is 39.5 Å². The number of nitrogens with one attached hydrogen (secondary N) is 2. The van der Waals surface area contributed by atoms with E-state index in [4.69, 9.17) is 0 Å². The van der Waals surface area contributed by atoms with E-state index in [0.717, 1.165) is 44.7 Å². The number of hydrogen-bond acceptors (Lipinski definition) is 3. The van der Waals surface area contributed by atoms with Crippen molar-refractivity contribution < 1.29 is 9.59 Å². The van der Waals surface area contributed by atoms with Crippen LogP contribution in [0.15, 0.2) is 0 Å². The molecule has 3 amide bonds. The second-order valence-corrected chi connectivity index (χ2v) is 5.12. The van der Waals surface area contributed by atoms with Crippen molar-refractivity contribution in [1.29, 1.82) is 0 Å². The van der Waals surface area contributed by atoms with Crippen LogP contribution in [0.2, 0.25) is 0 Å². The third-order valence-corrected chi connectivity index (χ3v) is 3.31. The average molecular weight is 255 g/mol. The Bertz CT molecular complexity index is 273. The second-order valence-electron chi connectivity index (χ2n) is 5.12. The minimum absolute atomic E-state index is 0.210. The molecule has 0 atom stereocenters. The molecule has 1 rings (SSSR count). The predicted octanol–water partition coefficient (Wildman–Crippen LogP) is 1.34. The number of unbranched alkanes of at least 4 members (excludes halogenated alkanes) is 1. The van der Waals surface area contributed by atoms with Gasteiger partial charge in [0.05, 0.1) is 6.54 Å². The van der Waals surface area contributed by atoms with Gasteiger partial charge < -0.3 is 5.32 Å². The third-order valence-electron chi connectivity index (χ3n) is 3.31. The van der Waals surface area contributed by atoms with Gasteiger partial charge in [0.25, 0.3) is 0 Å². The van der Waals surface area contributed by atoms with Crippen LogP contribution in [0.3, 0.4) is 0 Å². The van der Waals surface area contributed by atoms with E-state index in [1.807, 2.05) is 0 Å². The first-order valence-corrected chi connectivity index (χ1v) is 6.91. The van der Waals surface area contributed by atoms with Crippen molar-refractivity contribution in [2.24, 2.45) is 5.92 Å². The van der Waals surface area contributed by atoms with E-state index in [-0.39, 0.29) is 11.9 Å². The van der Waals surface area contributed by atoms with Crippen molar-refractivity contribution in [3.8, 4) is 0 Å². The van der Waals surface area contributed by atoms with Gasteiger partial charge in [-0.05, 0) is 38.3 Å². The molecule has 104 valence electrons.